The zero-order valence-electron chi connectivity index (χ0n) is 13.9. The number of hydrogen-bond donors (Lipinski definition) is 0. The summed E-state index contributed by atoms with van der Waals surface area (Å²) in [6.07, 6.45) is 3.59. The van der Waals surface area contributed by atoms with Gasteiger partial charge in [-0.05, 0) is 39.1 Å². The number of fused-ring (bicyclic) bond motifs is 1. The smallest absolute Gasteiger partial charge is 0.272 e. The quantitative estimate of drug-likeness (QED) is 0.811. The van der Waals surface area contributed by atoms with E-state index in [1.165, 1.54) is 0 Å². The molecule has 0 N–H and O–H groups in total. The molecule has 1 saturated carbocycles. The maximum Gasteiger partial charge on any atom is 0.272 e. The molecule has 6 nitrogen and oxygen atoms in total. The fraction of sp³-hybridized carbons (Fsp3) is 0.647. The SMILES string of the molecule is CN(C)CCO[C@@H]1CC[C@H]2[C@H]1OCCN2C(=O)c1ccccn1. The van der Waals surface area contributed by atoms with E-state index in [0.29, 0.717) is 25.5 Å². The lowest BCUT2D eigenvalue weighted by Crippen LogP contribution is -2.54. The van der Waals surface area contributed by atoms with Crippen molar-refractivity contribution >= 4 is 5.91 Å². The monoisotopic (exact) mass is 319 g/mol. The number of likely N-dealkylation sites (N-methyl/N-ethyl adjacent to an activating group) is 1. The lowest BCUT2D eigenvalue weighted by Gasteiger charge is -2.39. The summed E-state index contributed by atoms with van der Waals surface area (Å²) in [6.45, 7) is 2.77. The summed E-state index contributed by atoms with van der Waals surface area (Å²) in [5, 5.41) is 0. The molecule has 2 heterocycles. The van der Waals surface area contributed by atoms with E-state index in [4.69, 9.17) is 9.47 Å². The van der Waals surface area contributed by atoms with Crippen molar-refractivity contribution in [2.45, 2.75) is 31.1 Å². The second-order valence-corrected chi connectivity index (χ2v) is 6.41. The minimum atomic E-state index is -0.0152. The van der Waals surface area contributed by atoms with Crippen LogP contribution in [0.4, 0.5) is 0 Å². The fourth-order valence-corrected chi connectivity index (χ4v) is 3.37. The second kappa shape index (κ2) is 7.38. The van der Waals surface area contributed by atoms with E-state index in [0.717, 1.165) is 19.4 Å². The standard InChI is InChI=1S/C17H25N3O3/c1-19(2)9-11-22-15-7-6-14-16(15)23-12-10-20(14)17(21)13-5-3-4-8-18-13/h3-5,8,14-16H,6-7,9-12H2,1-2H3/t14-,15+,16+/m0/s1. The number of nitrogens with zero attached hydrogens (tertiary/aromatic N) is 3. The van der Waals surface area contributed by atoms with Crippen LogP contribution in [0.25, 0.3) is 0 Å². The highest BCUT2D eigenvalue weighted by molar-refractivity contribution is 5.92. The zero-order chi connectivity index (χ0) is 16.2. The van der Waals surface area contributed by atoms with Gasteiger partial charge in [0.05, 0.1) is 25.4 Å². The highest BCUT2D eigenvalue weighted by Crippen LogP contribution is 2.32. The summed E-state index contributed by atoms with van der Waals surface area (Å²) >= 11 is 0. The normalized spacial score (nSPS) is 27.3. The van der Waals surface area contributed by atoms with Crippen LogP contribution in [0.1, 0.15) is 23.3 Å². The summed E-state index contributed by atoms with van der Waals surface area (Å²) in [5.74, 6) is -0.00200. The summed E-state index contributed by atoms with van der Waals surface area (Å²) < 4.78 is 11.9. The molecule has 1 saturated heterocycles. The molecule has 0 spiro atoms. The summed E-state index contributed by atoms with van der Waals surface area (Å²) in [4.78, 5) is 20.9. The van der Waals surface area contributed by atoms with Crippen LogP contribution < -0.4 is 0 Å². The van der Waals surface area contributed by atoms with Crippen molar-refractivity contribution in [3.63, 3.8) is 0 Å². The molecule has 0 unspecified atom stereocenters. The van der Waals surface area contributed by atoms with Crippen LogP contribution in [0, 0.1) is 0 Å². The van der Waals surface area contributed by atoms with Crippen molar-refractivity contribution in [1.82, 2.24) is 14.8 Å². The highest BCUT2D eigenvalue weighted by Gasteiger charge is 2.45. The summed E-state index contributed by atoms with van der Waals surface area (Å²) in [7, 11) is 4.07. The second-order valence-electron chi connectivity index (χ2n) is 6.41. The van der Waals surface area contributed by atoms with Crippen molar-refractivity contribution < 1.29 is 14.3 Å². The van der Waals surface area contributed by atoms with Crippen molar-refractivity contribution in [2.75, 3.05) is 40.4 Å². The molecule has 0 radical (unpaired) electrons. The number of rotatable bonds is 5. The Morgan fingerprint density at radius 2 is 2.30 bits per heavy atom. The van der Waals surface area contributed by atoms with E-state index < -0.39 is 0 Å². The van der Waals surface area contributed by atoms with Crippen molar-refractivity contribution in [3.05, 3.63) is 30.1 Å². The summed E-state index contributed by atoms with van der Waals surface area (Å²) in [6, 6.07) is 5.54. The third-order valence-corrected chi connectivity index (χ3v) is 4.55. The van der Waals surface area contributed by atoms with Crippen molar-refractivity contribution in [3.8, 4) is 0 Å². The topological polar surface area (TPSA) is 54.9 Å². The number of aromatic nitrogens is 1. The van der Waals surface area contributed by atoms with Crippen LogP contribution in [-0.4, -0.2) is 79.3 Å². The molecule has 23 heavy (non-hydrogen) atoms. The van der Waals surface area contributed by atoms with Crippen LogP contribution in [0.5, 0.6) is 0 Å². The first-order valence-corrected chi connectivity index (χ1v) is 8.27. The van der Waals surface area contributed by atoms with Gasteiger partial charge in [-0.25, -0.2) is 0 Å². The Bertz CT molecular complexity index is 523. The molecule has 1 aromatic heterocycles. The Morgan fingerprint density at radius 3 is 3.04 bits per heavy atom. The van der Waals surface area contributed by atoms with Gasteiger partial charge in [0.25, 0.3) is 5.91 Å². The number of ether oxygens (including phenoxy) is 2. The van der Waals surface area contributed by atoms with Crippen LogP contribution in [-0.2, 0) is 9.47 Å². The van der Waals surface area contributed by atoms with Crippen molar-refractivity contribution in [1.29, 1.82) is 0 Å². The molecule has 0 aromatic carbocycles. The molecule has 126 valence electrons. The lowest BCUT2D eigenvalue weighted by molar-refractivity contribution is -0.105. The van der Waals surface area contributed by atoms with Gasteiger partial charge in [-0.2, -0.15) is 0 Å². The van der Waals surface area contributed by atoms with E-state index in [9.17, 15) is 4.79 Å². The van der Waals surface area contributed by atoms with Gasteiger partial charge in [0.15, 0.2) is 0 Å². The number of morpholine rings is 1. The highest BCUT2D eigenvalue weighted by atomic mass is 16.5. The molecular formula is C17H25N3O3. The third kappa shape index (κ3) is 3.71. The Kier molecular flexibility index (Phi) is 5.25. The number of carbonyl (C=O) groups excluding carboxylic acids is 1. The maximum absolute atomic E-state index is 12.7. The Hall–Kier alpha value is -1.50. The number of hydrogen-bond acceptors (Lipinski definition) is 5. The Labute approximate surface area is 137 Å². The molecule has 0 bridgehead atoms. The molecule has 2 aliphatic rings. The zero-order valence-corrected chi connectivity index (χ0v) is 13.9. The average Bonchev–Trinajstić information content (AvgIpc) is 2.98. The molecule has 3 rings (SSSR count). The molecule has 1 aliphatic heterocycles. The van der Waals surface area contributed by atoms with Gasteiger partial charge < -0.3 is 19.3 Å². The van der Waals surface area contributed by atoms with Gasteiger partial charge in [-0.3, -0.25) is 9.78 Å². The van der Waals surface area contributed by atoms with Crippen LogP contribution in [0.3, 0.4) is 0 Å². The third-order valence-electron chi connectivity index (χ3n) is 4.55. The molecule has 2 fully saturated rings. The van der Waals surface area contributed by atoms with Crippen LogP contribution in [0.2, 0.25) is 0 Å². The van der Waals surface area contributed by atoms with Gasteiger partial charge in [0.1, 0.15) is 11.8 Å². The Morgan fingerprint density at radius 1 is 1.43 bits per heavy atom. The number of pyridine rings is 1. The minimum Gasteiger partial charge on any atom is -0.374 e. The van der Waals surface area contributed by atoms with Gasteiger partial charge in [-0.15, -0.1) is 0 Å². The van der Waals surface area contributed by atoms with E-state index >= 15 is 0 Å². The molecule has 3 atom stereocenters. The average molecular weight is 319 g/mol. The number of amides is 1. The molecule has 1 amide bonds. The van der Waals surface area contributed by atoms with Gasteiger partial charge in [0, 0.05) is 19.3 Å². The first-order chi connectivity index (χ1) is 11.2. The Balaban J connectivity index is 1.63. The molecule has 6 heteroatoms. The van der Waals surface area contributed by atoms with Gasteiger partial charge in [0.2, 0.25) is 0 Å². The van der Waals surface area contributed by atoms with E-state index in [1.807, 2.05) is 31.1 Å². The summed E-state index contributed by atoms with van der Waals surface area (Å²) in [5.41, 5.74) is 0.505. The van der Waals surface area contributed by atoms with E-state index in [-0.39, 0.29) is 24.2 Å². The predicted molar refractivity (Wildman–Crippen MR) is 86.3 cm³/mol. The lowest BCUT2D eigenvalue weighted by atomic mass is 10.1. The van der Waals surface area contributed by atoms with Crippen LogP contribution >= 0.6 is 0 Å². The van der Waals surface area contributed by atoms with Crippen LogP contribution in [0.15, 0.2) is 24.4 Å². The molecule has 1 aromatic rings. The molecular weight excluding hydrogens is 294 g/mol. The maximum atomic E-state index is 12.7. The van der Waals surface area contributed by atoms with E-state index in [1.54, 1.807) is 12.3 Å². The van der Waals surface area contributed by atoms with E-state index in [2.05, 4.69) is 9.88 Å². The first-order valence-electron chi connectivity index (χ1n) is 8.27. The largest absolute Gasteiger partial charge is 0.374 e. The fourth-order valence-electron chi connectivity index (χ4n) is 3.37. The number of carbonyl (C=O) groups is 1. The van der Waals surface area contributed by atoms with Gasteiger partial charge >= 0.3 is 0 Å². The van der Waals surface area contributed by atoms with Gasteiger partial charge in [-0.1, -0.05) is 6.07 Å². The predicted octanol–water partition coefficient (Wildman–Crippen LogP) is 1.03. The minimum absolute atomic E-state index is 0.00200. The first kappa shape index (κ1) is 16.4. The molecule has 1 aliphatic carbocycles. The van der Waals surface area contributed by atoms with Crippen molar-refractivity contribution in [2.24, 2.45) is 0 Å².